The lowest BCUT2D eigenvalue weighted by Gasteiger charge is -2.04. The second kappa shape index (κ2) is 8.65. The quantitative estimate of drug-likeness (QED) is 0.501. The number of hydrogen-bond acceptors (Lipinski definition) is 4. The zero-order chi connectivity index (χ0) is 19.3. The fourth-order valence-corrected chi connectivity index (χ4v) is 3.08. The molecule has 6 nitrogen and oxygen atoms in total. The average Bonchev–Trinajstić information content (AvgIpc) is 2.91. The molecule has 0 unspecified atom stereocenters. The number of aliphatic carboxylic acids is 1. The molecule has 0 fully saturated rings. The summed E-state index contributed by atoms with van der Waals surface area (Å²) in [5, 5.41) is 13.8. The van der Waals surface area contributed by atoms with Gasteiger partial charge in [-0.15, -0.1) is 11.3 Å². The van der Waals surface area contributed by atoms with E-state index in [0.717, 1.165) is 23.5 Å². The van der Waals surface area contributed by atoms with Gasteiger partial charge in [0.1, 0.15) is 0 Å². The van der Waals surface area contributed by atoms with Crippen LogP contribution in [0.2, 0.25) is 0 Å². The number of carboxylic acids is 1. The molecular formula is C16H16F3N3O3S. The number of anilines is 1. The maximum atomic E-state index is 13.8. The summed E-state index contributed by atoms with van der Waals surface area (Å²) >= 11 is 1.09. The number of hydrogen-bond donors (Lipinski definition) is 3. The highest BCUT2D eigenvalue weighted by atomic mass is 32.1. The molecule has 0 aliphatic heterocycles. The number of rotatable bonds is 7. The number of nitrogens with zero attached hydrogens (tertiary/aromatic N) is 1. The van der Waals surface area contributed by atoms with E-state index in [1.165, 1.54) is 0 Å². The number of thiazole rings is 1. The van der Waals surface area contributed by atoms with Gasteiger partial charge in [-0.05, 0) is 25.0 Å². The molecule has 0 spiro atoms. The van der Waals surface area contributed by atoms with Gasteiger partial charge in [-0.25, -0.2) is 22.9 Å². The van der Waals surface area contributed by atoms with Crippen LogP contribution in [0, 0.1) is 24.4 Å². The van der Waals surface area contributed by atoms with E-state index in [2.05, 4.69) is 15.6 Å². The Labute approximate surface area is 151 Å². The number of carbonyl (C=O) groups excluding carboxylic acids is 1. The number of halogens is 3. The lowest BCUT2D eigenvalue weighted by atomic mass is 10.1. The maximum Gasteiger partial charge on any atom is 0.321 e. The van der Waals surface area contributed by atoms with Crippen LogP contribution < -0.4 is 10.6 Å². The minimum atomic E-state index is -1.52. The zero-order valence-corrected chi connectivity index (χ0v) is 14.6. The second-order valence-electron chi connectivity index (χ2n) is 5.42. The number of amides is 2. The number of urea groups is 1. The lowest BCUT2D eigenvalue weighted by molar-refractivity contribution is -0.137. The molecule has 2 rings (SSSR count). The van der Waals surface area contributed by atoms with Crippen molar-refractivity contribution < 1.29 is 27.9 Å². The topological polar surface area (TPSA) is 91.3 Å². The molecule has 1 aromatic heterocycles. The number of carboxylic acid groups (broad SMARTS) is 1. The van der Waals surface area contributed by atoms with Crippen LogP contribution in [0.1, 0.15) is 29.0 Å². The van der Waals surface area contributed by atoms with Gasteiger partial charge in [0.05, 0.1) is 5.69 Å². The van der Waals surface area contributed by atoms with E-state index in [1.54, 1.807) is 6.92 Å². The molecule has 0 atom stereocenters. The fraction of sp³-hybridized carbons (Fsp3) is 0.312. The van der Waals surface area contributed by atoms with Crippen molar-refractivity contribution in [3.05, 3.63) is 45.7 Å². The van der Waals surface area contributed by atoms with Crippen molar-refractivity contribution in [2.45, 2.75) is 26.2 Å². The first-order valence-corrected chi connectivity index (χ1v) is 8.45. The molecule has 3 N–H and O–H groups in total. The van der Waals surface area contributed by atoms with Crippen LogP contribution in [0.3, 0.4) is 0 Å². The van der Waals surface area contributed by atoms with Gasteiger partial charge < -0.3 is 10.4 Å². The third-order valence-corrected chi connectivity index (χ3v) is 4.51. The molecule has 2 aromatic rings. The number of benzene rings is 1. The second-order valence-corrected chi connectivity index (χ2v) is 6.50. The van der Waals surface area contributed by atoms with E-state index in [0.29, 0.717) is 17.0 Å². The largest absolute Gasteiger partial charge is 0.481 e. The molecular weight excluding hydrogens is 371 g/mol. The molecule has 10 heteroatoms. The predicted molar refractivity (Wildman–Crippen MR) is 89.9 cm³/mol. The predicted octanol–water partition coefficient (Wildman–Crippen LogP) is 3.45. The minimum Gasteiger partial charge on any atom is -0.481 e. The normalized spacial score (nSPS) is 10.6. The summed E-state index contributed by atoms with van der Waals surface area (Å²) in [5.41, 5.74) is 0.514. The van der Waals surface area contributed by atoms with E-state index >= 15 is 0 Å². The van der Waals surface area contributed by atoms with E-state index in [1.807, 2.05) is 0 Å². The van der Waals surface area contributed by atoms with Crippen LogP contribution in [0.4, 0.5) is 23.1 Å². The van der Waals surface area contributed by atoms with Crippen LogP contribution in [0.15, 0.2) is 12.1 Å². The molecule has 26 heavy (non-hydrogen) atoms. The third-order valence-electron chi connectivity index (χ3n) is 3.43. The summed E-state index contributed by atoms with van der Waals surface area (Å²) in [4.78, 5) is 26.8. The summed E-state index contributed by atoms with van der Waals surface area (Å²) in [6.45, 7) is 1.84. The summed E-state index contributed by atoms with van der Waals surface area (Å²) < 4.78 is 40.1. The summed E-state index contributed by atoms with van der Waals surface area (Å²) in [5.74, 6) is -4.97. The lowest BCUT2D eigenvalue weighted by Crippen LogP contribution is -2.29. The Kier molecular flexibility index (Phi) is 6.56. The molecule has 1 aromatic carbocycles. The Morgan fingerprint density at radius 3 is 2.65 bits per heavy atom. The Balaban J connectivity index is 1.97. The Hall–Kier alpha value is -2.62. The number of aromatic nitrogens is 1. The maximum absolute atomic E-state index is 13.8. The first kappa shape index (κ1) is 19.7. The minimum absolute atomic E-state index is 0.00838. The van der Waals surface area contributed by atoms with Gasteiger partial charge in [0.2, 0.25) is 0 Å². The SMILES string of the molecule is Cc1nc(NC(=O)NCCCC(=O)O)sc1Cc1ccc(F)c(F)c1F. The van der Waals surface area contributed by atoms with Gasteiger partial charge in [-0.2, -0.15) is 0 Å². The molecule has 1 heterocycles. The van der Waals surface area contributed by atoms with Crippen molar-refractivity contribution in [1.82, 2.24) is 10.3 Å². The van der Waals surface area contributed by atoms with E-state index in [-0.39, 0.29) is 30.1 Å². The summed E-state index contributed by atoms with van der Waals surface area (Å²) in [7, 11) is 0. The highest BCUT2D eigenvalue weighted by Crippen LogP contribution is 2.27. The zero-order valence-electron chi connectivity index (χ0n) is 13.7. The average molecular weight is 387 g/mol. The van der Waals surface area contributed by atoms with Crippen LogP contribution in [0.25, 0.3) is 0 Å². The van der Waals surface area contributed by atoms with Crippen LogP contribution in [-0.2, 0) is 11.2 Å². The van der Waals surface area contributed by atoms with Gasteiger partial charge in [0.25, 0.3) is 0 Å². The molecule has 0 aliphatic rings. The van der Waals surface area contributed by atoms with Gasteiger partial charge in [-0.1, -0.05) is 6.07 Å². The molecule has 140 valence electrons. The van der Waals surface area contributed by atoms with Crippen LogP contribution in [0.5, 0.6) is 0 Å². The van der Waals surface area contributed by atoms with Crippen molar-refractivity contribution >= 4 is 28.5 Å². The van der Waals surface area contributed by atoms with Crippen LogP contribution >= 0.6 is 11.3 Å². The Morgan fingerprint density at radius 1 is 1.23 bits per heavy atom. The summed E-state index contributed by atoms with van der Waals surface area (Å²) in [6, 6.07) is 1.47. The van der Waals surface area contributed by atoms with Gasteiger partial charge in [0.15, 0.2) is 22.6 Å². The molecule has 0 saturated carbocycles. The molecule has 0 saturated heterocycles. The smallest absolute Gasteiger partial charge is 0.321 e. The van der Waals surface area contributed by atoms with Crippen molar-refractivity contribution in [3.63, 3.8) is 0 Å². The molecule has 0 radical (unpaired) electrons. The van der Waals surface area contributed by atoms with E-state index in [9.17, 15) is 22.8 Å². The monoisotopic (exact) mass is 387 g/mol. The van der Waals surface area contributed by atoms with Crippen molar-refractivity contribution in [2.75, 3.05) is 11.9 Å². The summed E-state index contributed by atoms with van der Waals surface area (Å²) in [6.07, 6.45) is 0.245. The van der Waals surface area contributed by atoms with Crippen molar-refractivity contribution in [3.8, 4) is 0 Å². The fourth-order valence-electron chi connectivity index (χ4n) is 2.10. The van der Waals surface area contributed by atoms with Crippen LogP contribution in [-0.4, -0.2) is 28.6 Å². The first-order chi connectivity index (χ1) is 12.3. The Morgan fingerprint density at radius 2 is 1.96 bits per heavy atom. The molecule has 0 bridgehead atoms. The number of aryl methyl sites for hydroxylation is 1. The third kappa shape index (κ3) is 5.19. The molecule has 2 amide bonds. The highest BCUT2D eigenvalue weighted by molar-refractivity contribution is 7.15. The van der Waals surface area contributed by atoms with E-state index < -0.39 is 29.5 Å². The number of carbonyl (C=O) groups is 2. The number of nitrogens with one attached hydrogen (secondary N) is 2. The Bertz CT molecular complexity index is 827. The first-order valence-electron chi connectivity index (χ1n) is 7.63. The van der Waals surface area contributed by atoms with Crippen molar-refractivity contribution in [1.29, 1.82) is 0 Å². The van der Waals surface area contributed by atoms with Crippen molar-refractivity contribution in [2.24, 2.45) is 0 Å². The van der Waals surface area contributed by atoms with Gasteiger partial charge in [0, 0.05) is 24.3 Å². The highest BCUT2D eigenvalue weighted by Gasteiger charge is 2.17. The van der Waals surface area contributed by atoms with E-state index in [4.69, 9.17) is 5.11 Å². The standard InChI is InChI=1S/C16H16F3N3O3S/c1-8-11(7-9-4-5-10(17)14(19)13(9)18)26-16(21-8)22-15(25)20-6-2-3-12(23)24/h4-5H,2-3,6-7H2,1H3,(H,23,24)(H2,20,21,22,25). The van der Waals surface area contributed by atoms with Gasteiger partial charge in [-0.3, -0.25) is 10.1 Å². The van der Waals surface area contributed by atoms with Gasteiger partial charge >= 0.3 is 12.0 Å². The molecule has 0 aliphatic carbocycles.